The van der Waals surface area contributed by atoms with Crippen LogP contribution in [0.4, 0.5) is 0 Å². The predicted molar refractivity (Wildman–Crippen MR) is 76.3 cm³/mol. The molecule has 21 heavy (non-hydrogen) atoms. The third kappa shape index (κ3) is 8.06. The van der Waals surface area contributed by atoms with Crippen LogP contribution in [0.15, 0.2) is 0 Å². The first-order valence-electron chi connectivity index (χ1n) is 6.95. The van der Waals surface area contributed by atoms with Crippen molar-refractivity contribution in [3.05, 3.63) is 0 Å². The lowest BCUT2D eigenvalue weighted by Crippen LogP contribution is -2.50. The number of amides is 2. The molecular formula is C14H24N2O5. The summed E-state index contributed by atoms with van der Waals surface area (Å²) in [5.74, 6) is -1.47. The number of nitrogens with one attached hydrogen (secondary N) is 2. The lowest BCUT2D eigenvalue weighted by Gasteiger charge is -2.22. The Balaban J connectivity index is 4.33. The van der Waals surface area contributed by atoms with Crippen molar-refractivity contribution in [2.75, 3.05) is 13.7 Å². The minimum absolute atomic E-state index is 0.00824. The Kier molecular flexibility index (Phi) is 9.00. The summed E-state index contributed by atoms with van der Waals surface area (Å²) in [5, 5.41) is 5.07. The Morgan fingerprint density at radius 3 is 2.24 bits per heavy atom. The molecule has 0 heterocycles. The fourth-order valence-corrected chi connectivity index (χ4v) is 1.65. The summed E-state index contributed by atoms with van der Waals surface area (Å²) < 4.78 is 4.43. The summed E-state index contributed by atoms with van der Waals surface area (Å²) in [6.07, 6.45) is 0.724. The highest BCUT2D eigenvalue weighted by Gasteiger charge is 2.24. The van der Waals surface area contributed by atoms with Crippen molar-refractivity contribution in [2.45, 2.75) is 46.1 Å². The first-order valence-corrected chi connectivity index (χ1v) is 6.95. The molecule has 0 rings (SSSR count). The Labute approximate surface area is 124 Å². The number of rotatable bonds is 9. The third-order valence-corrected chi connectivity index (χ3v) is 3.15. The zero-order valence-electron chi connectivity index (χ0n) is 13.0. The zero-order chi connectivity index (χ0) is 16.4. The van der Waals surface area contributed by atoms with Gasteiger partial charge in [0.15, 0.2) is 5.78 Å². The van der Waals surface area contributed by atoms with Crippen LogP contribution in [0.5, 0.6) is 0 Å². The molecule has 0 bridgehead atoms. The first kappa shape index (κ1) is 19.1. The van der Waals surface area contributed by atoms with Crippen LogP contribution in [0.2, 0.25) is 0 Å². The Hall–Kier alpha value is -1.92. The molecule has 7 heteroatoms. The maximum atomic E-state index is 12.0. The van der Waals surface area contributed by atoms with E-state index in [4.69, 9.17) is 0 Å². The number of methoxy groups -OCH3 is 1. The topological polar surface area (TPSA) is 102 Å². The summed E-state index contributed by atoms with van der Waals surface area (Å²) in [6.45, 7) is 4.93. The molecule has 0 saturated heterocycles. The largest absolute Gasteiger partial charge is 0.469 e. The van der Waals surface area contributed by atoms with Crippen molar-refractivity contribution < 1.29 is 23.9 Å². The van der Waals surface area contributed by atoms with Gasteiger partial charge >= 0.3 is 5.97 Å². The maximum absolute atomic E-state index is 12.0. The van der Waals surface area contributed by atoms with E-state index in [2.05, 4.69) is 15.4 Å². The summed E-state index contributed by atoms with van der Waals surface area (Å²) in [4.78, 5) is 45.6. The van der Waals surface area contributed by atoms with Gasteiger partial charge in [-0.25, -0.2) is 0 Å². The quantitative estimate of drug-likeness (QED) is 0.591. The lowest BCUT2D eigenvalue weighted by atomic mass is 9.98. The molecule has 0 aliphatic heterocycles. The van der Waals surface area contributed by atoms with Crippen LogP contribution < -0.4 is 10.6 Å². The third-order valence-electron chi connectivity index (χ3n) is 3.15. The summed E-state index contributed by atoms with van der Waals surface area (Å²) in [5.41, 5.74) is 0. The number of hydrogen-bond acceptors (Lipinski definition) is 5. The molecule has 0 radical (unpaired) electrons. The van der Waals surface area contributed by atoms with E-state index >= 15 is 0 Å². The molecule has 0 aromatic rings. The van der Waals surface area contributed by atoms with Gasteiger partial charge in [0.05, 0.1) is 20.1 Å². The molecule has 2 N–H and O–H groups in total. The van der Waals surface area contributed by atoms with Crippen molar-refractivity contribution in [1.82, 2.24) is 10.6 Å². The fourth-order valence-electron chi connectivity index (χ4n) is 1.65. The van der Waals surface area contributed by atoms with Gasteiger partial charge in [0.1, 0.15) is 6.04 Å². The second-order valence-electron chi connectivity index (χ2n) is 4.90. The van der Waals surface area contributed by atoms with E-state index in [9.17, 15) is 19.2 Å². The van der Waals surface area contributed by atoms with Gasteiger partial charge in [0.25, 0.3) is 0 Å². The Morgan fingerprint density at radius 1 is 1.14 bits per heavy atom. The van der Waals surface area contributed by atoms with Gasteiger partial charge in [-0.05, 0) is 5.92 Å². The average molecular weight is 300 g/mol. The molecule has 2 amide bonds. The minimum atomic E-state index is -0.666. The molecule has 120 valence electrons. The van der Waals surface area contributed by atoms with Crippen LogP contribution in [-0.2, 0) is 23.9 Å². The van der Waals surface area contributed by atoms with Gasteiger partial charge < -0.3 is 15.4 Å². The lowest BCUT2D eigenvalue weighted by molar-refractivity contribution is -0.141. The standard InChI is InChI=1S/C14H24N2O5/c1-5-9(2)13(16-10(3)17)14(20)15-8-11(18)6-7-12(19)21-4/h9,13H,5-8H2,1-4H3,(H,15,20)(H,16,17)/t9-,13-/m0/s1. The second-order valence-corrected chi connectivity index (χ2v) is 4.90. The Morgan fingerprint density at radius 2 is 1.76 bits per heavy atom. The number of Topliss-reactive ketones (excluding diaryl/α,β-unsaturated/α-hetero) is 1. The van der Waals surface area contributed by atoms with Crippen LogP contribution in [0.25, 0.3) is 0 Å². The molecule has 0 aliphatic carbocycles. The second kappa shape index (κ2) is 9.90. The molecular weight excluding hydrogens is 276 g/mol. The van der Waals surface area contributed by atoms with Crippen molar-refractivity contribution in [2.24, 2.45) is 5.92 Å². The van der Waals surface area contributed by atoms with E-state index in [0.29, 0.717) is 6.42 Å². The highest BCUT2D eigenvalue weighted by molar-refractivity contribution is 5.91. The summed E-state index contributed by atoms with van der Waals surface area (Å²) in [6, 6.07) is -0.666. The van der Waals surface area contributed by atoms with E-state index < -0.39 is 17.9 Å². The minimum Gasteiger partial charge on any atom is -0.469 e. The summed E-state index contributed by atoms with van der Waals surface area (Å²) in [7, 11) is 1.25. The van der Waals surface area contributed by atoms with Crippen molar-refractivity contribution in [1.29, 1.82) is 0 Å². The van der Waals surface area contributed by atoms with E-state index in [0.717, 1.165) is 0 Å². The monoisotopic (exact) mass is 300 g/mol. The average Bonchev–Trinajstić information content (AvgIpc) is 2.46. The van der Waals surface area contributed by atoms with Crippen LogP contribution >= 0.6 is 0 Å². The van der Waals surface area contributed by atoms with Gasteiger partial charge in [-0.1, -0.05) is 20.3 Å². The van der Waals surface area contributed by atoms with Crippen LogP contribution in [0, 0.1) is 5.92 Å². The molecule has 7 nitrogen and oxygen atoms in total. The smallest absolute Gasteiger partial charge is 0.305 e. The van der Waals surface area contributed by atoms with Crippen molar-refractivity contribution in [3.8, 4) is 0 Å². The fraction of sp³-hybridized carbons (Fsp3) is 0.714. The molecule has 0 fully saturated rings. The number of carbonyl (C=O) groups excluding carboxylic acids is 4. The molecule has 0 aromatic heterocycles. The Bertz CT molecular complexity index is 395. The van der Waals surface area contributed by atoms with E-state index in [1.807, 2.05) is 13.8 Å². The molecule has 2 atom stereocenters. The van der Waals surface area contributed by atoms with Crippen LogP contribution in [0.1, 0.15) is 40.0 Å². The number of carbonyl (C=O) groups is 4. The van der Waals surface area contributed by atoms with Crippen LogP contribution in [0.3, 0.4) is 0 Å². The zero-order valence-corrected chi connectivity index (χ0v) is 13.0. The molecule has 0 unspecified atom stereocenters. The summed E-state index contributed by atoms with van der Waals surface area (Å²) >= 11 is 0. The molecule has 0 spiro atoms. The number of hydrogen-bond donors (Lipinski definition) is 2. The van der Waals surface area contributed by atoms with Gasteiger partial charge in [0.2, 0.25) is 11.8 Å². The van der Waals surface area contributed by atoms with Gasteiger partial charge in [-0.15, -0.1) is 0 Å². The van der Waals surface area contributed by atoms with Crippen LogP contribution in [-0.4, -0.2) is 43.3 Å². The highest BCUT2D eigenvalue weighted by atomic mass is 16.5. The molecule has 0 saturated carbocycles. The SMILES string of the molecule is CC[C@H](C)[C@H](NC(C)=O)C(=O)NCC(=O)CCC(=O)OC. The van der Waals surface area contributed by atoms with E-state index in [-0.39, 0.29) is 37.0 Å². The first-order chi connectivity index (χ1) is 9.81. The molecule has 0 aliphatic rings. The normalized spacial score (nSPS) is 13.0. The van der Waals surface area contributed by atoms with Crippen molar-refractivity contribution in [3.63, 3.8) is 0 Å². The predicted octanol–water partition coefficient (Wildman–Crippen LogP) is 0.176. The number of ether oxygens (including phenoxy) is 1. The maximum Gasteiger partial charge on any atom is 0.305 e. The molecule has 0 aromatic carbocycles. The number of ketones is 1. The van der Waals surface area contributed by atoms with Gasteiger partial charge in [-0.3, -0.25) is 19.2 Å². The van der Waals surface area contributed by atoms with E-state index in [1.165, 1.54) is 14.0 Å². The van der Waals surface area contributed by atoms with Gasteiger partial charge in [-0.2, -0.15) is 0 Å². The van der Waals surface area contributed by atoms with Gasteiger partial charge in [0, 0.05) is 13.3 Å². The van der Waals surface area contributed by atoms with E-state index in [1.54, 1.807) is 0 Å². The number of esters is 1. The highest BCUT2D eigenvalue weighted by Crippen LogP contribution is 2.07. The van der Waals surface area contributed by atoms with Crippen molar-refractivity contribution >= 4 is 23.6 Å².